The van der Waals surface area contributed by atoms with Crippen molar-refractivity contribution in [2.75, 3.05) is 39.3 Å². The number of rotatable bonds is 5. The number of hydrogen-bond acceptors (Lipinski definition) is 4. The van der Waals surface area contributed by atoms with Crippen LogP contribution in [0.2, 0.25) is 0 Å². The number of nitrogens with zero attached hydrogens (tertiary/aromatic N) is 3. The molecular weight excluding hydrogens is 262 g/mol. The van der Waals surface area contributed by atoms with Crippen molar-refractivity contribution in [2.45, 2.75) is 25.8 Å². The van der Waals surface area contributed by atoms with Crippen molar-refractivity contribution in [2.24, 2.45) is 0 Å². The first-order valence-electron chi connectivity index (χ1n) is 7.72. The quantitative estimate of drug-likeness (QED) is 0.900. The topological polar surface area (TPSA) is 50.5 Å². The van der Waals surface area contributed by atoms with Gasteiger partial charge >= 0.3 is 0 Å². The van der Waals surface area contributed by atoms with Gasteiger partial charge in [0.15, 0.2) is 0 Å². The highest BCUT2D eigenvalue weighted by molar-refractivity contribution is 5.29. The molecule has 1 unspecified atom stereocenters. The molecule has 0 aliphatic carbocycles. The molecule has 2 rings (SSSR count). The van der Waals surface area contributed by atoms with Crippen LogP contribution in [-0.4, -0.2) is 54.2 Å². The Morgan fingerprint density at radius 3 is 2.14 bits per heavy atom. The van der Waals surface area contributed by atoms with E-state index in [4.69, 9.17) is 5.11 Å². The summed E-state index contributed by atoms with van der Waals surface area (Å²) in [6.07, 6.45) is 0. The van der Waals surface area contributed by atoms with Gasteiger partial charge in [-0.1, -0.05) is 38.1 Å². The lowest BCUT2D eigenvalue weighted by molar-refractivity contribution is 0.0982. The minimum atomic E-state index is -0.164. The van der Waals surface area contributed by atoms with Crippen LogP contribution >= 0.6 is 0 Å². The van der Waals surface area contributed by atoms with E-state index in [9.17, 15) is 5.26 Å². The van der Waals surface area contributed by atoms with Crippen molar-refractivity contribution in [3.05, 3.63) is 35.4 Å². The van der Waals surface area contributed by atoms with Gasteiger partial charge in [0, 0.05) is 32.7 Å². The number of nitriles is 1. The van der Waals surface area contributed by atoms with Crippen LogP contribution < -0.4 is 0 Å². The van der Waals surface area contributed by atoms with E-state index in [1.165, 1.54) is 5.56 Å². The Balaban J connectivity index is 2.02. The predicted molar refractivity (Wildman–Crippen MR) is 84.0 cm³/mol. The molecular formula is C17H25N3O. The van der Waals surface area contributed by atoms with Gasteiger partial charge < -0.3 is 5.11 Å². The minimum Gasteiger partial charge on any atom is -0.395 e. The number of aliphatic hydroxyl groups is 1. The molecule has 1 N–H and O–H groups in total. The second-order valence-corrected chi connectivity index (χ2v) is 5.95. The average Bonchev–Trinajstić information content (AvgIpc) is 2.50. The highest BCUT2D eigenvalue weighted by Gasteiger charge is 2.24. The second-order valence-electron chi connectivity index (χ2n) is 5.95. The van der Waals surface area contributed by atoms with Crippen molar-refractivity contribution in [1.29, 1.82) is 5.26 Å². The summed E-state index contributed by atoms with van der Waals surface area (Å²) in [7, 11) is 0. The molecule has 1 saturated heterocycles. The lowest BCUT2D eigenvalue weighted by Gasteiger charge is -2.36. The molecule has 1 aromatic carbocycles. The Morgan fingerprint density at radius 1 is 1.10 bits per heavy atom. The Hall–Kier alpha value is -1.41. The lowest BCUT2D eigenvalue weighted by atomic mass is 9.98. The largest absolute Gasteiger partial charge is 0.395 e. The van der Waals surface area contributed by atoms with E-state index < -0.39 is 0 Å². The van der Waals surface area contributed by atoms with E-state index in [1.807, 2.05) is 0 Å². The third-order valence-electron chi connectivity index (χ3n) is 4.23. The number of hydrogen-bond donors (Lipinski definition) is 1. The fourth-order valence-corrected chi connectivity index (χ4v) is 2.82. The molecule has 1 aliphatic rings. The maximum atomic E-state index is 9.53. The van der Waals surface area contributed by atoms with Crippen LogP contribution in [-0.2, 0) is 0 Å². The van der Waals surface area contributed by atoms with Gasteiger partial charge in [-0.2, -0.15) is 5.26 Å². The molecule has 0 bridgehead atoms. The highest BCUT2D eigenvalue weighted by Crippen LogP contribution is 2.23. The third-order valence-corrected chi connectivity index (χ3v) is 4.23. The number of β-amino-alcohol motifs (C(OH)–C–C–N with tert-alkyl or cyclic N) is 1. The summed E-state index contributed by atoms with van der Waals surface area (Å²) in [4.78, 5) is 4.48. The summed E-state index contributed by atoms with van der Waals surface area (Å²) >= 11 is 0. The molecule has 0 spiro atoms. The number of benzene rings is 1. The molecule has 0 amide bonds. The lowest BCUT2D eigenvalue weighted by Crippen LogP contribution is -2.48. The zero-order valence-electron chi connectivity index (χ0n) is 13.0. The third kappa shape index (κ3) is 4.04. The van der Waals surface area contributed by atoms with Crippen LogP contribution in [0.25, 0.3) is 0 Å². The van der Waals surface area contributed by atoms with Gasteiger partial charge in [-0.05, 0) is 17.0 Å². The van der Waals surface area contributed by atoms with Crippen LogP contribution in [0.15, 0.2) is 24.3 Å². The van der Waals surface area contributed by atoms with E-state index in [1.54, 1.807) is 0 Å². The maximum absolute atomic E-state index is 9.53. The second kappa shape index (κ2) is 7.56. The normalized spacial score (nSPS) is 18.6. The summed E-state index contributed by atoms with van der Waals surface area (Å²) in [6.45, 7) is 8.89. The van der Waals surface area contributed by atoms with E-state index >= 15 is 0 Å². The molecule has 0 saturated carbocycles. The standard InChI is InChI=1S/C17H25N3O/c1-14(2)15-3-5-16(6-4-15)17(13-18)20-9-7-19(8-10-20)11-12-21/h3-6,14,17,21H,7-12H2,1-2H3. The van der Waals surface area contributed by atoms with Gasteiger partial charge in [0.1, 0.15) is 6.04 Å². The van der Waals surface area contributed by atoms with Gasteiger partial charge in [0.25, 0.3) is 0 Å². The number of aliphatic hydroxyl groups excluding tert-OH is 1. The van der Waals surface area contributed by atoms with E-state index in [0.717, 1.165) is 38.3 Å². The molecule has 21 heavy (non-hydrogen) atoms. The summed E-state index contributed by atoms with van der Waals surface area (Å²) in [5.74, 6) is 0.515. The molecule has 4 heteroatoms. The first-order valence-corrected chi connectivity index (χ1v) is 7.72. The first kappa shape index (κ1) is 16.0. The van der Waals surface area contributed by atoms with Gasteiger partial charge in [0.2, 0.25) is 0 Å². The van der Waals surface area contributed by atoms with Crippen molar-refractivity contribution in [3.63, 3.8) is 0 Å². The summed E-state index contributed by atoms with van der Waals surface area (Å²) < 4.78 is 0. The zero-order chi connectivity index (χ0) is 15.2. The van der Waals surface area contributed by atoms with E-state index in [-0.39, 0.29) is 12.6 Å². The predicted octanol–water partition coefficient (Wildman–Crippen LogP) is 1.98. The van der Waals surface area contributed by atoms with Crippen molar-refractivity contribution in [3.8, 4) is 6.07 Å². The fraction of sp³-hybridized carbons (Fsp3) is 0.588. The van der Waals surface area contributed by atoms with Gasteiger partial charge in [0.05, 0.1) is 12.7 Å². The zero-order valence-corrected chi connectivity index (χ0v) is 13.0. The molecule has 1 aliphatic heterocycles. The SMILES string of the molecule is CC(C)c1ccc(C(C#N)N2CCN(CCO)CC2)cc1. The molecule has 1 aromatic rings. The molecule has 0 aromatic heterocycles. The molecule has 1 heterocycles. The molecule has 1 atom stereocenters. The maximum Gasteiger partial charge on any atom is 0.123 e. The Bertz CT molecular complexity index is 470. The van der Waals surface area contributed by atoms with E-state index in [2.05, 4.69) is 54.0 Å². The monoisotopic (exact) mass is 287 g/mol. The van der Waals surface area contributed by atoms with Crippen LogP contribution in [0.5, 0.6) is 0 Å². The first-order chi connectivity index (χ1) is 10.2. The Labute approximate surface area is 127 Å². The molecule has 1 fully saturated rings. The average molecular weight is 287 g/mol. The van der Waals surface area contributed by atoms with Gasteiger partial charge in [-0.15, -0.1) is 0 Å². The van der Waals surface area contributed by atoms with Crippen molar-refractivity contribution >= 4 is 0 Å². The van der Waals surface area contributed by atoms with Gasteiger partial charge in [-0.25, -0.2) is 0 Å². The van der Waals surface area contributed by atoms with Crippen LogP contribution in [0, 0.1) is 11.3 Å². The molecule has 0 radical (unpaired) electrons. The highest BCUT2D eigenvalue weighted by atomic mass is 16.3. The summed E-state index contributed by atoms with van der Waals surface area (Å²) in [6, 6.07) is 10.7. The molecule has 114 valence electrons. The smallest absolute Gasteiger partial charge is 0.123 e. The van der Waals surface area contributed by atoms with Crippen molar-refractivity contribution in [1.82, 2.24) is 9.80 Å². The minimum absolute atomic E-state index is 0.164. The Kier molecular flexibility index (Phi) is 5.75. The van der Waals surface area contributed by atoms with Crippen LogP contribution in [0.1, 0.15) is 36.9 Å². The van der Waals surface area contributed by atoms with Crippen LogP contribution in [0.4, 0.5) is 0 Å². The fourth-order valence-electron chi connectivity index (χ4n) is 2.82. The van der Waals surface area contributed by atoms with Gasteiger partial charge in [-0.3, -0.25) is 9.80 Å². The number of piperazine rings is 1. The summed E-state index contributed by atoms with van der Waals surface area (Å²) in [5.41, 5.74) is 2.39. The Morgan fingerprint density at radius 2 is 1.67 bits per heavy atom. The summed E-state index contributed by atoms with van der Waals surface area (Å²) in [5, 5.41) is 18.5. The van der Waals surface area contributed by atoms with Crippen molar-refractivity contribution < 1.29 is 5.11 Å². The van der Waals surface area contributed by atoms with E-state index in [0.29, 0.717) is 5.92 Å². The molecule has 4 nitrogen and oxygen atoms in total. The van der Waals surface area contributed by atoms with Crippen LogP contribution in [0.3, 0.4) is 0 Å².